The van der Waals surface area contributed by atoms with Gasteiger partial charge in [0.25, 0.3) is 5.69 Å². The van der Waals surface area contributed by atoms with Gasteiger partial charge < -0.3 is 10.1 Å². The minimum atomic E-state index is -0.453. The van der Waals surface area contributed by atoms with Crippen molar-refractivity contribution in [3.63, 3.8) is 0 Å². The highest BCUT2D eigenvalue weighted by Gasteiger charge is 2.21. The zero-order valence-corrected chi connectivity index (χ0v) is 15.1. The van der Waals surface area contributed by atoms with Crippen LogP contribution in [-0.2, 0) is 17.8 Å². The molecule has 7 nitrogen and oxygen atoms in total. The molecule has 0 radical (unpaired) electrons. The first kappa shape index (κ1) is 18.3. The summed E-state index contributed by atoms with van der Waals surface area (Å²) >= 11 is 0. The zero-order valence-electron chi connectivity index (χ0n) is 15.1. The first-order valence-corrected chi connectivity index (χ1v) is 8.79. The Bertz CT molecular complexity index is 723. The molecule has 2 unspecified atom stereocenters. The minimum Gasteiger partial charge on any atom is -0.373 e. The highest BCUT2D eigenvalue weighted by Crippen LogP contribution is 2.16. The number of ether oxygens (including phenoxy) is 1. The molecule has 138 valence electrons. The third-order valence-electron chi connectivity index (χ3n) is 4.36. The Labute approximate surface area is 153 Å². The summed E-state index contributed by atoms with van der Waals surface area (Å²) in [5, 5.41) is 13.8. The van der Waals surface area contributed by atoms with Crippen LogP contribution in [0.25, 0.3) is 0 Å². The highest BCUT2D eigenvalue weighted by atomic mass is 16.6. The summed E-state index contributed by atoms with van der Waals surface area (Å²) in [4.78, 5) is 16.7. The first-order chi connectivity index (χ1) is 12.5. The van der Waals surface area contributed by atoms with E-state index < -0.39 is 4.92 Å². The van der Waals surface area contributed by atoms with Gasteiger partial charge in [-0.2, -0.15) is 0 Å². The van der Waals surface area contributed by atoms with Gasteiger partial charge in [-0.3, -0.25) is 15.0 Å². The number of hydrogen-bond donors (Lipinski definition) is 1. The summed E-state index contributed by atoms with van der Waals surface area (Å²) in [5.74, 6) is 0.621. The second-order valence-electron chi connectivity index (χ2n) is 6.78. The van der Waals surface area contributed by atoms with Gasteiger partial charge in [0.05, 0.1) is 17.1 Å². The van der Waals surface area contributed by atoms with Gasteiger partial charge in [-0.25, -0.2) is 4.98 Å². The molecule has 1 saturated heterocycles. The van der Waals surface area contributed by atoms with Crippen LogP contribution in [0, 0.1) is 10.1 Å². The van der Waals surface area contributed by atoms with Gasteiger partial charge in [0.2, 0.25) is 0 Å². The third-order valence-corrected chi connectivity index (χ3v) is 4.36. The van der Waals surface area contributed by atoms with Gasteiger partial charge in [0, 0.05) is 32.2 Å². The third kappa shape index (κ3) is 5.00. The number of hydrogen-bond acceptors (Lipinski definition) is 6. The van der Waals surface area contributed by atoms with E-state index in [4.69, 9.17) is 4.74 Å². The standard InChI is InChI=1S/C19H24N4O3/c1-14-11-22(12-15(2)26-14)13-17-5-3-16(4-6-17)9-20-19-8-7-18(10-21-19)23(24)25/h3-8,10,14-15H,9,11-13H2,1-2H3,(H,20,21). The van der Waals surface area contributed by atoms with E-state index in [0.29, 0.717) is 12.4 Å². The topological polar surface area (TPSA) is 80.5 Å². The molecule has 26 heavy (non-hydrogen) atoms. The second kappa shape index (κ2) is 8.25. The van der Waals surface area contributed by atoms with Crippen molar-refractivity contribution in [1.82, 2.24) is 9.88 Å². The summed E-state index contributed by atoms with van der Waals surface area (Å²) in [6.45, 7) is 7.69. The zero-order chi connectivity index (χ0) is 18.5. The predicted molar refractivity (Wildman–Crippen MR) is 99.9 cm³/mol. The number of nitro groups is 1. The average Bonchev–Trinajstić information content (AvgIpc) is 2.60. The van der Waals surface area contributed by atoms with E-state index in [1.807, 2.05) is 0 Å². The van der Waals surface area contributed by atoms with E-state index in [2.05, 4.69) is 53.3 Å². The van der Waals surface area contributed by atoms with Crippen LogP contribution in [0.4, 0.5) is 11.5 Å². The Kier molecular flexibility index (Phi) is 5.80. The first-order valence-electron chi connectivity index (χ1n) is 8.79. The van der Waals surface area contributed by atoms with Crippen LogP contribution >= 0.6 is 0 Å². The van der Waals surface area contributed by atoms with Crippen LogP contribution in [0.3, 0.4) is 0 Å². The van der Waals surface area contributed by atoms with Gasteiger partial charge in [0.15, 0.2) is 0 Å². The molecule has 0 amide bonds. The van der Waals surface area contributed by atoms with Gasteiger partial charge in [-0.05, 0) is 31.0 Å². The monoisotopic (exact) mass is 356 g/mol. The molecule has 1 aliphatic heterocycles. The van der Waals surface area contributed by atoms with E-state index in [1.165, 1.54) is 17.8 Å². The maximum Gasteiger partial charge on any atom is 0.287 e. The number of pyridine rings is 1. The smallest absolute Gasteiger partial charge is 0.287 e. The molecule has 1 aromatic carbocycles. The van der Waals surface area contributed by atoms with Crippen molar-refractivity contribution in [3.8, 4) is 0 Å². The molecule has 2 aromatic rings. The van der Waals surface area contributed by atoms with Crippen LogP contribution < -0.4 is 5.32 Å². The number of aromatic nitrogens is 1. The van der Waals surface area contributed by atoms with Crippen molar-refractivity contribution in [2.45, 2.75) is 39.1 Å². The molecule has 1 aliphatic rings. The van der Waals surface area contributed by atoms with Crippen molar-refractivity contribution in [2.75, 3.05) is 18.4 Å². The van der Waals surface area contributed by atoms with Gasteiger partial charge in [-0.15, -0.1) is 0 Å². The number of anilines is 1. The van der Waals surface area contributed by atoms with E-state index in [1.54, 1.807) is 6.07 Å². The SMILES string of the molecule is CC1CN(Cc2ccc(CNc3ccc([N+](=O)[O-])cn3)cc2)CC(C)O1. The van der Waals surface area contributed by atoms with Crippen molar-refractivity contribution in [3.05, 3.63) is 63.8 Å². The summed E-state index contributed by atoms with van der Waals surface area (Å²) in [5.41, 5.74) is 2.41. The highest BCUT2D eigenvalue weighted by molar-refractivity contribution is 5.40. The number of rotatable bonds is 6. The minimum absolute atomic E-state index is 0.00773. The van der Waals surface area contributed by atoms with Crippen LogP contribution in [0.5, 0.6) is 0 Å². The quantitative estimate of drug-likeness (QED) is 0.632. The van der Waals surface area contributed by atoms with Crippen molar-refractivity contribution in [2.24, 2.45) is 0 Å². The number of benzene rings is 1. The predicted octanol–water partition coefficient (Wildman–Crippen LogP) is 3.21. The van der Waals surface area contributed by atoms with Gasteiger partial charge in [0.1, 0.15) is 12.0 Å². The molecular formula is C19H24N4O3. The van der Waals surface area contributed by atoms with Gasteiger partial charge in [-0.1, -0.05) is 24.3 Å². The van der Waals surface area contributed by atoms with Crippen molar-refractivity contribution < 1.29 is 9.66 Å². The number of morpholine rings is 1. The molecule has 3 rings (SSSR count). The Balaban J connectivity index is 1.52. The lowest BCUT2D eigenvalue weighted by Crippen LogP contribution is -2.44. The van der Waals surface area contributed by atoms with E-state index in [9.17, 15) is 10.1 Å². The molecule has 0 spiro atoms. The number of nitrogens with zero attached hydrogens (tertiary/aromatic N) is 3. The van der Waals surface area contributed by atoms with Crippen molar-refractivity contribution in [1.29, 1.82) is 0 Å². The van der Waals surface area contributed by atoms with E-state index in [-0.39, 0.29) is 17.9 Å². The molecule has 1 N–H and O–H groups in total. The summed E-state index contributed by atoms with van der Waals surface area (Å²) in [6.07, 6.45) is 1.81. The van der Waals surface area contributed by atoms with Crippen LogP contribution in [0.2, 0.25) is 0 Å². The fourth-order valence-electron chi connectivity index (χ4n) is 3.23. The lowest BCUT2D eigenvalue weighted by molar-refractivity contribution is -0.385. The van der Waals surface area contributed by atoms with E-state index >= 15 is 0 Å². The Morgan fingerprint density at radius 3 is 2.38 bits per heavy atom. The Hall–Kier alpha value is -2.51. The molecule has 1 aromatic heterocycles. The fourth-order valence-corrected chi connectivity index (χ4v) is 3.23. The van der Waals surface area contributed by atoms with E-state index in [0.717, 1.165) is 25.2 Å². The number of nitrogens with one attached hydrogen (secondary N) is 1. The van der Waals surface area contributed by atoms with Crippen LogP contribution in [0.15, 0.2) is 42.6 Å². The summed E-state index contributed by atoms with van der Waals surface area (Å²) in [6, 6.07) is 11.5. The second-order valence-corrected chi connectivity index (χ2v) is 6.78. The normalized spacial score (nSPS) is 20.7. The van der Waals surface area contributed by atoms with Crippen molar-refractivity contribution >= 4 is 11.5 Å². The largest absolute Gasteiger partial charge is 0.373 e. The Morgan fingerprint density at radius 2 is 1.81 bits per heavy atom. The molecule has 7 heteroatoms. The molecule has 0 saturated carbocycles. The molecule has 0 bridgehead atoms. The van der Waals surface area contributed by atoms with Crippen LogP contribution in [-0.4, -0.2) is 40.1 Å². The molecule has 1 fully saturated rings. The maximum atomic E-state index is 10.6. The fraction of sp³-hybridized carbons (Fsp3) is 0.421. The molecule has 2 atom stereocenters. The summed E-state index contributed by atoms with van der Waals surface area (Å²) in [7, 11) is 0. The average molecular weight is 356 g/mol. The molecular weight excluding hydrogens is 332 g/mol. The summed E-state index contributed by atoms with van der Waals surface area (Å²) < 4.78 is 5.77. The van der Waals surface area contributed by atoms with Gasteiger partial charge >= 0.3 is 0 Å². The Morgan fingerprint density at radius 1 is 1.15 bits per heavy atom. The lowest BCUT2D eigenvalue weighted by Gasteiger charge is -2.35. The maximum absolute atomic E-state index is 10.6. The molecule has 2 heterocycles. The van der Waals surface area contributed by atoms with Crippen LogP contribution in [0.1, 0.15) is 25.0 Å². The molecule has 0 aliphatic carbocycles. The lowest BCUT2D eigenvalue weighted by atomic mass is 10.1.